The molecule has 0 heterocycles. The number of benzene rings is 2. The number of alkyl halides is 2. The van der Waals surface area contributed by atoms with Crippen LogP contribution in [-0.2, 0) is 4.74 Å². The highest BCUT2D eigenvalue weighted by atomic mass is 19.3. The molecule has 2 rings (SSSR count). The van der Waals surface area contributed by atoms with E-state index in [0.717, 1.165) is 0 Å². The molecule has 0 unspecified atom stereocenters. The largest absolute Gasteiger partial charge is 0.465 e. The Labute approximate surface area is 142 Å². The summed E-state index contributed by atoms with van der Waals surface area (Å²) >= 11 is 0. The predicted molar refractivity (Wildman–Crippen MR) is 88.2 cm³/mol. The van der Waals surface area contributed by atoms with Gasteiger partial charge in [-0.25, -0.2) is 9.59 Å². The van der Waals surface area contributed by atoms with Gasteiger partial charge in [-0.15, -0.1) is 0 Å². The SMILES string of the molecule is COC(=O)c1ccccc1NC(=O)Nc1ccc(C)cc1OC(F)F. The van der Waals surface area contributed by atoms with Crippen LogP contribution in [0.4, 0.5) is 25.0 Å². The molecule has 25 heavy (non-hydrogen) atoms. The highest BCUT2D eigenvalue weighted by molar-refractivity contribution is 6.05. The summed E-state index contributed by atoms with van der Waals surface area (Å²) in [5, 5.41) is 4.89. The lowest BCUT2D eigenvalue weighted by atomic mass is 10.2. The van der Waals surface area contributed by atoms with Gasteiger partial charge in [0.2, 0.25) is 0 Å². The fourth-order valence-corrected chi connectivity index (χ4v) is 2.08. The molecule has 0 aliphatic heterocycles. The molecular weight excluding hydrogens is 334 g/mol. The number of rotatable bonds is 5. The first-order valence-corrected chi connectivity index (χ1v) is 7.21. The van der Waals surface area contributed by atoms with Crippen LogP contribution >= 0.6 is 0 Å². The van der Waals surface area contributed by atoms with Crippen LogP contribution < -0.4 is 15.4 Å². The highest BCUT2D eigenvalue weighted by Gasteiger charge is 2.15. The summed E-state index contributed by atoms with van der Waals surface area (Å²) in [6.45, 7) is -1.32. The third-order valence-corrected chi connectivity index (χ3v) is 3.18. The molecule has 0 aromatic heterocycles. The van der Waals surface area contributed by atoms with E-state index in [1.807, 2.05) is 0 Å². The zero-order valence-corrected chi connectivity index (χ0v) is 13.5. The lowest BCUT2D eigenvalue weighted by molar-refractivity contribution is -0.0493. The van der Waals surface area contributed by atoms with Gasteiger partial charge in [0.15, 0.2) is 0 Å². The fraction of sp³-hybridized carbons (Fsp3) is 0.176. The molecule has 0 bridgehead atoms. The van der Waals surface area contributed by atoms with E-state index in [1.165, 1.54) is 31.4 Å². The molecule has 0 saturated heterocycles. The van der Waals surface area contributed by atoms with Crippen molar-refractivity contribution >= 4 is 23.4 Å². The van der Waals surface area contributed by atoms with Gasteiger partial charge in [-0.1, -0.05) is 18.2 Å². The summed E-state index contributed by atoms with van der Waals surface area (Å²) in [5.41, 5.74) is 1.14. The topological polar surface area (TPSA) is 76.7 Å². The Morgan fingerprint density at radius 1 is 1.04 bits per heavy atom. The number of halogens is 2. The van der Waals surface area contributed by atoms with E-state index in [2.05, 4.69) is 20.1 Å². The number of ether oxygens (including phenoxy) is 2. The van der Waals surface area contributed by atoms with Crippen LogP contribution in [0.3, 0.4) is 0 Å². The smallest absolute Gasteiger partial charge is 0.387 e. The summed E-state index contributed by atoms with van der Waals surface area (Å²) in [4.78, 5) is 23.8. The molecule has 8 heteroatoms. The van der Waals surface area contributed by atoms with Crippen LogP contribution in [0.5, 0.6) is 5.75 Å². The number of anilines is 2. The van der Waals surface area contributed by atoms with Crippen LogP contribution in [0, 0.1) is 6.92 Å². The third-order valence-electron chi connectivity index (χ3n) is 3.18. The van der Waals surface area contributed by atoms with Crippen molar-refractivity contribution in [3.63, 3.8) is 0 Å². The van der Waals surface area contributed by atoms with Crippen molar-refractivity contribution in [3.8, 4) is 5.75 Å². The van der Waals surface area contributed by atoms with Gasteiger partial charge in [-0.3, -0.25) is 0 Å². The first-order chi connectivity index (χ1) is 11.9. The van der Waals surface area contributed by atoms with Gasteiger partial charge in [-0.2, -0.15) is 8.78 Å². The second-order valence-electron chi connectivity index (χ2n) is 4.99. The van der Waals surface area contributed by atoms with E-state index in [-0.39, 0.29) is 22.7 Å². The van der Waals surface area contributed by atoms with E-state index >= 15 is 0 Å². The number of para-hydroxylation sites is 1. The van der Waals surface area contributed by atoms with Gasteiger partial charge in [0.05, 0.1) is 24.0 Å². The summed E-state index contributed by atoms with van der Waals surface area (Å²) in [6.07, 6.45) is 0. The van der Waals surface area contributed by atoms with Crippen molar-refractivity contribution in [3.05, 3.63) is 53.6 Å². The van der Waals surface area contributed by atoms with Crippen LogP contribution in [0.2, 0.25) is 0 Å². The van der Waals surface area contributed by atoms with Gasteiger partial charge in [0, 0.05) is 0 Å². The summed E-state index contributed by atoms with van der Waals surface area (Å²) in [5.74, 6) is -0.778. The number of esters is 1. The number of amides is 2. The number of hydrogen-bond acceptors (Lipinski definition) is 4. The van der Waals surface area contributed by atoms with E-state index in [4.69, 9.17) is 0 Å². The number of nitrogens with one attached hydrogen (secondary N) is 2. The summed E-state index contributed by atoms with van der Waals surface area (Å²) in [6, 6.07) is 9.97. The Hall–Kier alpha value is -3.16. The van der Waals surface area contributed by atoms with Crippen LogP contribution in [-0.4, -0.2) is 25.7 Å². The minimum absolute atomic E-state index is 0.0685. The van der Waals surface area contributed by atoms with Gasteiger partial charge in [0.25, 0.3) is 0 Å². The number of methoxy groups -OCH3 is 1. The Morgan fingerprint density at radius 3 is 2.40 bits per heavy atom. The maximum atomic E-state index is 12.5. The molecule has 0 aliphatic rings. The maximum absolute atomic E-state index is 12.5. The van der Waals surface area contributed by atoms with Crippen molar-refractivity contribution in [2.24, 2.45) is 0 Å². The minimum atomic E-state index is -3.02. The zero-order chi connectivity index (χ0) is 18.4. The van der Waals surface area contributed by atoms with Crippen LogP contribution in [0.15, 0.2) is 42.5 Å². The van der Waals surface area contributed by atoms with Gasteiger partial charge >= 0.3 is 18.6 Å². The van der Waals surface area contributed by atoms with Crippen LogP contribution in [0.1, 0.15) is 15.9 Å². The zero-order valence-electron chi connectivity index (χ0n) is 13.5. The molecule has 0 atom stereocenters. The molecular formula is C17H16F2N2O4. The minimum Gasteiger partial charge on any atom is -0.465 e. The van der Waals surface area contributed by atoms with Crippen molar-refractivity contribution in [1.82, 2.24) is 0 Å². The molecule has 0 fully saturated rings. The molecule has 2 aromatic carbocycles. The standard InChI is InChI=1S/C17H16F2N2O4/c1-10-7-8-13(14(9-10)25-16(18)19)21-17(23)20-12-6-4-3-5-11(12)15(22)24-2/h3-9,16H,1-2H3,(H2,20,21,23). The van der Waals surface area contributed by atoms with Crippen molar-refractivity contribution in [2.45, 2.75) is 13.5 Å². The first kappa shape index (κ1) is 18.2. The molecule has 0 radical (unpaired) electrons. The Morgan fingerprint density at radius 2 is 1.72 bits per heavy atom. The van der Waals surface area contributed by atoms with E-state index in [1.54, 1.807) is 25.1 Å². The van der Waals surface area contributed by atoms with Crippen molar-refractivity contribution in [2.75, 3.05) is 17.7 Å². The first-order valence-electron chi connectivity index (χ1n) is 7.21. The molecule has 132 valence electrons. The lowest BCUT2D eigenvalue weighted by Gasteiger charge is -2.14. The van der Waals surface area contributed by atoms with E-state index in [0.29, 0.717) is 5.56 Å². The van der Waals surface area contributed by atoms with Crippen molar-refractivity contribution < 1.29 is 27.8 Å². The van der Waals surface area contributed by atoms with E-state index < -0.39 is 18.6 Å². The predicted octanol–water partition coefficient (Wildman–Crippen LogP) is 4.03. The molecule has 0 saturated carbocycles. The fourth-order valence-electron chi connectivity index (χ4n) is 2.08. The summed E-state index contributed by atoms with van der Waals surface area (Å²) in [7, 11) is 1.22. The third kappa shape index (κ3) is 4.90. The molecule has 6 nitrogen and oxygen atoms in total. The molecule has 2 aromatic rings. The Bertz CT molecular complexity index is 781. The second kappa shape index (κ2) is 8.09. The Kier molecular flexibility index (Phi) is 5.89. The monoisotopic (exact) mass is 350 g/mol. The molecule has 2 amide bonds. The average Bonchev–Trinajstić information content (AvgIpc) is 2.56. The number of carbonyl (C=O) groups is 2. The normalized spacial score (nSPS) is 10.3. The quantitative estimate of drug-likeness (QED) is 0.799. The molecule has 2 N–H and O–H groups in total. The number of hydrogen-bond donors (Lipinski definition) is 2. The van der Waals surface area contributed by atoms with Gasteiger partial charge < -0.3 is 20.1 Å². The lowest BCUT2D eigenvalue weighted by Crippen LogP contribution is -2.22. The number of aryl methyl sites for hydroxylation is 1. The van der Waals surface area contributed by atoms with Crippen molar-refractivity contribution in [1.29, 1.82) is 0 Å². The van der Waals surface area contributed by atoms with Gasteiger partial charge in [-0.05, 0) is 36.8 Å². The summed E-state index contributed by atoms with van der Waals surface area (Å²) < 4.78 is 34.0. The number of urea groups is 1. The Balaban J connectivity index is 2.18. The van der Waals surface area contributed by atoms with Gasteiger partial charge in [0.1, 0.15) is 5.75 Å². The maximum Gasteiger partial charge on any atom is 0.387 e. The second-order valence-corrected chi connectivity index (χ2v) is 4.99. The average molecular weight is 350 g/mol. The number of carbonyl (C=O) groups excluding carboxylic acids is 2. The van der Waals surface area contributed by atoms with E-state index in [9.17, 15) is 18.4 Å². The molecule has 0 spiro atoms. The molecule has 0 aliphatic carbocycles. The highest BCUT2D eigenvalue weighted by Crippen LogP contribution is 2.27. The van der Waals surface area contributed by atoms with Crippen LogP contribution in [0.25, 0.3) is 0 Å².